The van der Waals surface area contributed by atoms with Crippen LogP contribution in [0.4, 0.5) is 30.8 Å². The fourth-order valence-electron chi connectivity index (χ4n) is 3.15. The van der Waals surface area contributed by atoms with Crippen LogP contribution in [0.25, 0.3) is 0 Å². The predicted octanol–water partition coefficient (Wildman–Crippen LogP) is 5.09. The normalized spacial score (nSPS) is 11.0. The van der Waals surface area contributed by atoms with E-state index in [0.29, 0.717) is 11.0 Å². The topological polar surface area (TPSA) is 92.4 Å². The van der Waals surface area contributed by atoms with Gasteiger partial charge in [0, 0.05) is 19.2 Å². The molecule has 178 valence electrons. The summed E-state index contributed by atoms with van der Waals surface area (Å²) in [6.07, 6.45) is 1.53. The number of nitrogens with zero attached hydrogens (tertiary/aromatic N) is 1. The number of hydrogen-bond donors (Lipinski definition) is 3. The van der Waals surface area contributed by atoms with E-state index in [1.165, 1.54) is 31.3 Å². The number of benzene rings is 2. The summed E-state index contributed by atoms with van der Waals surface area (Å²) < 4.78 is 34.9. The molecular weight excluding hydrogens is 458 g/mol. The van der Waals surface area contributed by atoms with Crippen molar-refractivity contribution < 1.29 is 23.1 Å². The average molecular weight is 485 g/mol. The lowest BCUT2D eigenvalue weighted by Crippen LogP contribution is -2.40. The molecule has 0 bridgehead atoms. The second kappa shape index (κ2) is 10.4. The molecule has 3 N–H and O–H groups in total. The van der Waals surface area contributed by atoms with Gasteiger partial charge in [-0.2, -0.15) is 0 Å². The summed E-state index contributed by atoms with van der Waals surface area (Å²) in [5.41, 5.74) is 0.681. The van der Waals surface area contributed by atoms with Gasteiger partial charge in [-0.3, -0.25) is 4.79 Å². The smallest absolute Gasteiger partial charge is 0.323 e. The number of halogens is 2. The van der Waals surface area contributed by atoms with Crippen molar-refractivity contribution in [2.45, 2.75) is 33.2 Å². The fraction of sp³-hybridized carbons (Fsp3) is 0.208. The van der Waals surface area contributed by atoms with Crippen LogP contribution in [0.3, 0.4) is 0 Å². The first-order chi connectivity index (χ1) is 16.0. The Labute approximate surface area is 197 Å². The van der Waals surface area contributed by atoms with Crippen molar-refractivity contribution >= 4 is 42.4 Å². The zero-order valence-electron chi connectivity index (χ0n) is 19.3. The summed E-state index contributed by atoms with van der Waals surface area (Å²) in [4.78, 5) is 27.5. The fourth-order valence-corrected chi connectivity index (χ4v) is 4.54. The predicted molar refractivity (Wildman–Crippen MR) is 131 cm³/mol. The third-order valence-corrected chi connectivity index (χ3v) is 6.78. The minimum Gasteiger partial charge on any atom is -0.489 e. The maximum atomic E-state index is 14.8. The van der Waals surface area contributed by atoms with Crippen LogP contribution in [0.5, 0.6) is 5.75 Å². The summed E-state index contributed by atoms with van der Waals surface area (Å²) in [6.45, 7) is 7.51. The lowest BCUT2D eigenvalue weighted by atomic mass is 10.2. The minimum absolute atomic E-state index is 0.0359. The maximum Gasteiger partial charge on any atom is 0.323 e. The first-order valence-corrected chi connectivity index (χ1v) is 14.0. The van der Waals surface area contributed by atoms with Gasteiger partial charge in [0.05, 0.1) is 19.4 Å². The molecule has 34 heavy (non-hydrogen) atoms. The Balaban J connectivity index is 1.62. The van der Waals surface area contributed by atoms with E-state index >= 15 is 0 Å². The average Bonchev–Trinajstić information content (AvgIpc) is 2.74. The summed E-state index contributed by atoms with van der Waals surface area (Å²) >= 11 is 0. The Hall–Kier alpha value is -3.79. The van der Waals surface area contributed by atoms with Gasteiger partial charge in [-0.15, -0.1) is 0 Å². The molecule has 0 unspecified atom stereocenters. The largest absolute Gasteiger partial charge is 0.489 e. The first kappa shape index (κ1) is 24.8. The molecule has 0 saturated carbocycles. The van der Waals surface area contributed by atoms with Crippen LogP contribution < -0.4 is 25.9 Å². The van der Waals surface area contributed by atoms with Crippen molar-refractivity contribution in [2.24, 2.45) is 0 Å². The molecule has 0 atom stereocenters. The van der Waals surface area contributed by atoms with E-state index in [4.69, 9.17) is 4.74 Å². The molecule has 0 aliphatic rings. The van der Waals surface area contributed by atoms with Crippen LogP contribution >= 0.6 is 0 Å². The maximum absolute atomic E-state index is 14.8. The van der Waals surface area contributed by atoms with Crippen LogP contribution in [-0.4, -0.2) is 25.0 Å². The molecule has 3 amide bonds. The van der Waals surface area contributed by atoms with Crippen LogP contribution in [0, 0.1) is 11.6 Å². The number of aromatic nitrogens is 1. The number of rotatable bonds is 7. The number of nitrogens with one attached hydrogen (secondary N) is 3. The molecule has 0 radical (unpaired) electrons. The summed E-state index contributed by atoms with van der Waals surface area (Å²) in [5, 5.41) is 8.00. The highest BCUT2D eigenvalue weighted by atomic mass is 28.3. The van der Waals surface area contributed by atoms with Gasteiger partial charge >= 0.3 is 6.03 Å². The Kier molecular flexibility index (Phi) is 7.62. The van der Waals surface area contributed by atoms with E-state index in [1.54, 1.807) is 24.3 Å². The summed E-state index contributed by atoms with van der Waals surface area (Å²) in [7, 11) is -1.94. The number of carbonyl (C=O) groups is 2. The molecule has 7 nitrogen and oxygen atoms in total. The highest BCUT2D eigenvalue weighted by Crippen LogP contribution is 2.23. The minimum atomic E-state index is -1.94. The number of anilines is 3. The van der Waals surface area contributed by atoms with Crippen LogP contribution in [-0.2, 0) is 11.4 Å². The zero-order chi connectivity index (χ0) is 24.9. The Morgan fingerprint density at radius 1 is 0.971 bits per heavy atom. The highest BCUT2D eigenvalue weighted by Gasteiger charge is 2.23. The number of ether oxygens (including phenoxy) is 1. The standard InChI is InChI=1S/C24H26F2N4O3Si/c1-15(31)28-22-12-16(10-11-27-22)14-33-17-8-9-19(18(25)13-17)29-24(32)30-20-6-5-7-21(23(20)26)34(2,3)4/h5-13H,14H2,1-4H3,(H,27,28,31)(H2,29,30,32). The highest BCUT2D eigenvalue weighted by molar-refractivity contribution is 6.88. The molecular formula is C24H26F2N4O3Si. The van der Waals surface area contributed by atoms with Crippen molar-refractivity contribution in [3.63, 3.8) is 0 Å². The number of urea groups is 1. The third kappa shape index (κ3) is 6.61. The van der Waals surface area contributed by atoms with E-state index in [9.17, 15) is 18.4 Å². The molecule has 1 aromatic heterocycles. The third-order valence-electron chi connectivity index (χ3n) is 4.78. The van der Waals surface area contributed by atoms with Crippen LogP contribution in [0.1, 0.15) is 12.5 Å². The van der Waals surface area contributed by atoms with Crippen molar-refractivity contribution in [3.05, 3.63) is 71.9 Å². The molecule has 1 heterocycles. The van der Waals surface area contributed by atoms with Gasteiger partial charge in [0.1, 0.15) is 29.8 Å². The SMILES string of the molecule is CC(=O)Nc1cc(COc2ccc(NC(=O)Nc3cccc([Si](C)(C)C)c3F)c(F)c2)ccn1. The van der Waals surface area contributed by atoms with Gasteiger partial charge < -0.3 is 20.7 Å². The number of hydrogen-bond acceptors (Lipinski definition) is 4. The zero-order valence-corrected chi connectivity index (χ0v) is 20.3. The molecule has 0 aliphatic heterocycles. The van der Waals surface area contributed by atoms with Gasteiger partial charge in [0.2, 0.25) is 5.91 Å². The van der Waals surface area contributed by atoms with E-state index in [1.807, 2.05) is 19.6 Å². The van der Waals surface area contributed by atoms with Crippen molar-refractivity contribution in [1.29, 1.82) is 0 Å². The van der Waals surface area contributed by atoms with E-state index in [2.05, 4.69) is 20.9 Å². The number of pyridine rings is 1. The molecule has 3 aromatic rings. The lowest BCUT2D eigenvalue weighted by molar-refractivity contribution is -0.114. The van der Waals surface area contributed by atoms with Crippen LogP contribution in [0.2, 0.25) is 19.6 Å². The number of carbonyl (C=O) groups excluding carboxylic acids is 2. The lowest BCUT2D eigenvalue weighted by Gasteiger charge is -2.19. The molecule has 0 spiro atoms. The number of amides is 3. The van der Waals surface area contributed by atoms with Gasteiger partial charge in [-0.05, 0) is 41.1 Å². The summed E-state index contributed by atoms with van der Waals surface area (Å²) in [6, 6.07) is 11.4. The molecule has 0 aliphatic carbocycles. The van der Waals surface area contributed by atoms with E-state index in [-0.39, 0.29) is 29.6 Å². The Morgan fingerprint density at radius 3 is 2.38 bits per heavy atom. The molecule has 0 saturated heterocycles. The van der Waals surface area contributed by atoms with Crippen LogP contribution in [0.15, 0.2) is 54.7 Å². The first-order valence-electron chi connectivity index (χ1n) is 10.5. The van der Waals surface area contributed by atoms with E-state index < -0.39 is 25.7 Å². The van der Waals surface area contributed by atoms with E-state index in [0.717, 1.165) is 11.6 Å². The molecule has 3 rings (SSSR count). The van der Waals surface area contributed by atoms with Crippen molar-refractivity contribution in [2.75, 3.05) is 16.0 Å². The Morgan fingerprint density at radius 2 is 1.71 bits per heavy atom. The molecule has 10 heteroatoms. The monoisotopic (exact) mass is 484 g/mol. The Bertz CT molecular complexity index is 1220. The quantitative estimate of drug-likeness (QED) is 0.408. The summed E-state index contributed by atoms with van der Waals surface area (Å²) in [5.74, 6) is -0.796. The second-order valence-corrected chi connectivity index (χ2v) is 13.7. The van der Waals surface area contributed by atoms with Crippen molar-refractivity contribution in [3.8, 4) is 5.75 Å². The van der Waals surface area contributed by atoms with Crippen molar-refractivity contribution in [1.82, 2.24) is 4.98 Å². The molecule has 2 aromatic carbocycles. The van der Waals surface area contributed by atoms with Gasteiger partial charge in [-0.1, -0.05) is 31.8 Å². The molecule has 0 fully saturated rings. The van der Waals surface area contributed by atoms with Gasteiger partial charge in [-0.25, -0.2) is 18.6 Å². The van der Waals surface area contributed by atoms with Gasteiger partial charge in [0.25, 0.3) is 0 Å². The van der Waals surface area contributed by atoms with Gasteiger partial charge in [0.15, 0.2) is 0 Å². The second-order valence-electron chi connectivity index (χ2n) is 8.66.